The first-order chi connectivity index (χ1) is 15.3. The number of nitrogens with one attached hydrogen (secondary N) is 1. The lowest BCUT2D eigenvalue weighted by Crippen LogP contribution is -2.39. The maximum atomic E-state index is 12.8. The Kier molecular flexibility index (Phi) is 7.10. The number of hydrogen-bond acceptors (Lipinski definition) is 3. The van der Waals surface area contributed by atoms with Crippen LogP contribution in [-0.2, 0) is 18.3 Å². The smallest absolute Gasteiger partial charge is 0.352 e. The Balaban J connectivity index is 1.77. The van der Waals surface area contributed by atoms with Crippen LogP contribution in [0.2, 0.25) is 0 Å². The van der Waals surface area contributed by atoms with Crippen LogP contribution in [0.1, 0.15) is 39.9 Å². The molecule has 166 valence electrons. The van der Waals surface area contributed by atoms with Crippen LogP contribution in [0, 0.1) is 5.92 Å². The van der Waals surface area contributed by atoms with Crippen molar-refractivity contribution in [3.05, 3.63) is 83.7 Å². The highest BCUT2D eigenvalue weighted by molar-refractivity contribution is 5.96. The van der Waals surface area contributed by atoms with Crippen molar-refractivity contribution in [1.82, 2.24) is 9.88 Å². The normalized spacial score (nSPS) is 12.7. The Morgan fingerprint density at radius 2 is 1.47 bits per heavy atom. The second-order valence-electron chi connectivity index (χ2n) is 7.88. The Bertz CT molecular complexity index is 1100. The van der Waals surface area contributed by atoms with Gasteiger partial charge in [-0.3, -0.25) is 9.59 Å². The van der Waals surface area contributed by atoms with E-state index in [1.54, 1.807) is 6.92 Å². The molecule has 0 saturated heterocycles. The van der Waals surface area contributed by atoms with Gasteiger partial charge in [-0.15, -0.1) is 0 Å². The van der Waals surface area contributed by atoms with E-state index in [2.05, 4.69) is 5.32 Å². The van der Waals surface area contributed by atoms with Gasteiger partial charge in [-0.2, -0.15) is 0 Å². The molecule has 1 amide bonds. The van der Waals surface area contributed by atoms with Crippen molar-refractivity contribution in [2.75, 3.05) is 0 Å². The van der Waals surface area contributed by atoms with E-state index in [-0.39, 0.29) is 17.8 Å². The summed E-state index contributed by atoms with van der Waals surface area (Å²) in [5.41, 5.74) is 3.34. The third-order valence-corrected chi connectivity index (χ3v) is 5.51. The van der Waals surface area contributed by atoms with Crippen LogP contribution in [0.4, 0.5) is 0 Å². The molecule has 2 atom stereocenters. The summed E-state index contributed by atoms with van der Waals surface area (Å²) in [4.78, 5) is 35.5. The highest BCUT2D eigenvalue weighted by Gasteiger charge is 2.23. The van der Waals surface area contributed by atoms with Crippen LogP contribution in [0.3, 0.4) is 0 Å². The zero-order chi connectivity index (χ0) is 23.3. The molecule has 3 N–H and O–H groups in total. The predicted octanol–water partition coefficient (Wildman–Crippen LogP) is 3.84. The van der Waals surface area contributed by atoms with E-state index in [4.69, 9.17) is 0 Å². The van der Waals surface area contributed by atoms with E-state index in [1.807, 2.05) is 54.6 Å². The molecule has 0 aliphatic heterocycles. The highest BCUT2D eigenvalue weighted by Crippen LogP contribution is 2.21. The Labute approximate surface area is 186 Å². The summed E-state index contributed by atoms with van der Waals surface area (Å²) in [6.07, 6.45) is 0.701. The van der Waals surface area contributed by atoms with Crippen molar-refractivity contribution in [3.8, 4) is 11.1 Å². The minimum Gasteiger partial charge on any atom is -0.481 e. The average molecular weight is 434 g/mol. The summed E-state index contributed by atoms with van der Waals surface area (Å²) in [5, 5.41) is 21.4. The fourth-order valence-electron chi connectivity index (χ4n) is 3.68. The quantitative estimate of drug-likeness (QED) is 0.474. The van der Waals surface area contributed by atoms with Crippen LogP contribution in [0.25, 0.3) is 11.1 Å². The highest BCUT2D eigenvalue weighted by atomic mass is 16.4. The van der Waals surface area contributed by atoms with Gasteiger partial charge in [-0.25, -0.2) is 4.79 Å². The lowest BCUT2D eigenvalue weighted by molar-refractivity contribution is -0.141. The van der Waals surface area contributed by atoms with Crippen molar-refractivity contribution < 1.29 is 24.6 Å². The average Bonchev–Trinajstić information content (AvgIpc) is 3.16. The molecule has 2 aromatic carbocycles. The first-order valence-electron chi connectivity index (χ1n) is 10.3. The van der Waals surface area contributed by atoms with E-state index in [0.29, 0.717) is 6.42 Å². The number of rotatable bonds is 9. The van der Waals surface area contributed by atoms with Gasteiger partial charge in [0.05, 0.1) is 5.92 Å². The van der Waals surface area contributed by atoms with E-state index in [1.165, 1.54) is 23.7 Å². The number of aromatic carboxylic acids is 1. The van der Waals surface area contributed by atoms with Crippen molar-refractivity contribution in [2.45, 2.75) is 25.8 Å². The number of nitrogens with zero attached hydrogens (tertiary/aromatic N) is 1. The maximum absolute atomic E-state index is 12.8. The van der Waals surface area contributed by atoms with Gasteiger partial charge in [0, 0.05) is 13.1 Å². The maximum Gasteiger partial charge on any atom is 0.352 e. The van der Waals surface area contributed by atoms with Gasteiger partial charge >= 0.3 is 11.9 Å². The molecule has 0 spiro atoms. The molecule has 7 heteroatoms. The topological polar surface area (TPSA) is 109 Å². The zero-order valence-electron chi connectivity index (χ0n) is 18.0. The van der Waals surface area contributed by atoms with Crippen molar-refractivity contribution in [3.63, 3.8) is 0 Å². The Hall–Kier alpha value is -3.87. The van der Waals surface area contributed by atoms with Crippen molar-refractivity contribution in [1.29, 1.82) is 0 Å². The number of carboxylic acids is 2. The molecule has 1 heterocycles. The van der Waals surface area contributed by atoms with Crippen molar-refractivity contribution >= 4 is 17.8 Å². The zero-order valence-corrected chi connectivity index (χ0v) is 18.0. The molecule has 0 aliphatic rings. The second kappa shape index (κ2) is 9.96. The van der Waals surface area contributed by atoms with Gasteiger partial charge in [-0.1, -0.05) is 61.5 Å². The molecule has 0 saturated carbocycles. The molecule has 3 aromatic rings. The fraction of sp³-hybridized carbons (Fsp3) is 0.240. The third kappa shape index (κ3) is 5.43. The molecule has 3 rings (SSSR count). The number of carbonyl (C=O) groups excluding carboxylic acids is 1. The molecular weight excluding hydrogens is 408 g/mol. The van der Waals surface area contributed by atoms with Crippen LogP contribution < -0.4 is 5.32 Å². The van der Waals surface area contributed by atoms with Gasteiger partial charge < -0.3 is 20.1 Å². The number of amides is 1. The fourth-order valence-corrected chi connectivity index (χ4v) is 3.68. The molecule has 0 bridgehead atoms. The van der Waals surface area contributed by atoms with Crippen LogP contribution in [0.15, 0.2) is 66.7 Å². The largest absolute Gasteiger partial charge is 0.481 e. The summed E-state index contributed by atoms with van der Waals surface area (Å²) >= 11 is 0. The molecular formula is C25H26N2O5. The molecule has 0 fully saturated rings. The van der Waals surface area contributed by atoms with Crippen LogP contribution >= 0.6 is 0 Å². The number of aromatic nitrogens is 1. The number of carbonyl (C=O) groups is 3. The number of carboxylic acid groups (broad SMARTS) is 2. The van der Waals surface area contributed by atoms with Crippen LogP contribution in [0.5, 0.6) is 0 Å². The molecule has 0 aliphatic carbocycles. The molecule has 0 radical (unpaired) electrons. The number of benzene rings is 2. The predicted molar refractivity (Wildman–Crippen MR) is 121 cm³/mol. The van der Waals surface area contributed by atoms with Gasteiger partial charge in [0.2, 0.25) is 0 Å². The van der Waals surface area contributed by atoms with Crippen LogP contribution in [-0.4, -0.2) is 38.7 Å². The van der Waals surface area contributed by atoms with Gasteiger partial charge in [0.25, 0.3) is 5.91 Å². The summed E-state index contributed by atoms with van der Waals surface area (Å²) < 4.78 is 1.31. The van der Waals surface area contributed by atoms with E-state index in [9.17, 15) is 24.6 Å². The van der Waals surface area contributed by atoms with E-state index >= 15 is 0 Å². The van der Waals surface area contributed by atoms with E-state index < -0.39 is 29.8 Å². The Morgan fingerprint density at radius 1 is 0.875 bits per heavy atom. The van der Waals surface area contributed by atoms with Gasteiger partial charge in [0.15, 0.2) is 0 Å². The summed E-state index contributed by atoms with van der Waals surface area (Å²) in [5.74, 6) is -3.15. The summed E-state index contributed by atoms with van der Waals surface area (Å²) in [7, 11) is 1.51. The second-order valence-corrected chi connectivity index (χ2v) is 7.88. The first kappa shape index (κ1) is 22.8. The van der Waals surface area contributed by atoms with Crippen molar-refractivity contribution in [2.24, 2.45) is 13.0 Å². The van der Waals surface area contributed by atoms with Gasteiger partial charge in [-0.05, 0) is 41.7 Å². The monoisotopic (exact) mass is 434 g/mol. The molecule has 7 nitrogen and oxygen atoms in total. The number of hydrogen-bond donors (Lipinski definition) is 3. The third-order valence-electron chi connectivity index (χ3n) is 5.51. The molecule has 32 heavy (non-hydrogen) atoms. The SMILES string of the molecule is CC(CC(Cc1ccc(-c2ccccc2)cc1)NC(=O)c1ccc(C(=O)O)n1C)C(=O)O. The first-order valence-corrected chi connectivity index (χ1v) is 10.3. The lowest BCUT2D eigenvalue weighted by Gasteiger charge is -2.21. The lowest BCUT2D eigenvalue weighted by atomic mass is 9.95. The minimum atomic E-state index is -1.12. The van der Waals surface area contributed by atoms with E-state index in [0.717, 1.165) is 16.7 Å². The standard InChI is InChI=1S/C25H26N2O5/c1-16(24(29)30)14-20(26-23(28)21-12-13-22(25(31)32)27(21)2)15-17-8-10-19(11-9-17)18-6-4-3-5-7-18/h3-13,16,20H,14-15H2,1-2H3,(H,26,28)(H,29,30)(H,31,32). The Morgan fingerprint density at radius 3 is 2.03 bits per heavy atom. The minimum absolute atomic E-state index is 0.00195. The molecule has 2 unspecified atom stereocenters. The van der Waals surface area contributed by atoms with Gasteiger partial charge in [0.1, 0.15) is 11.4 Å². The molecule has 1 aromatic heterocycles. The number of aliphatic carboxylic acids is 1. The summed E-state index contributed by atoms with van der Waals surface area (Å²) in [6, 6.07) is 20.3. The summed E-state index contributed by atoms with van der Waals surface area (Å²) in [6.45, 7) is 1.60.